The van der Waals surface area contributed by atoms with Crippen molar-refractivity contribution < 1.29 is 24.8 Å². The first kappa shape index (κ1) is 20.3. The second-order valence-electron chi connectivity index (χ2n) is 5.74. The maximum atomic E-state index is 9.38. The zero-order valence-corrected chi connectivity index (χ0v) is 15.0. The summed E-state index contributed by atoms with van der Waals surface area (Å²) < 4.78 is 10.8. The minimum atomic E-state index is -0.875. The molecule has 0 amide bonds. The monoisotopic (exact) mass is 378 g/mol. The average Bonchev–Trinajstić information content (AvgIpc) is 2.70. The molecule has 0 saturated heterocycles. The summed E-state index contributed by atoms with van der Waals surface area (Å²) in [5, 5.41) is 27.4. The highest BCUT2D eigenvalue weighted by Gasteiger charge is 2.03. The van der Waals surface area contributed by atoms with E-state index in [-0.39, 0.29) is 25.7 Å². The summed E-state index contributed by atoms with van der Waals surface area (Å²) in [5.74, 6) is 1.46. The Labute approximate surface area is 158 Å². The van der Waals surface area contributed by atoms with Crippen molar-refractivity contribution in [1.29, 1.82) is 0 Å². The number of hydrogen-bond acceptors (Lipinski definition) is 5. The van der Waals surface area contributed by atoms with Crippen molar-refractivity contribution in [1.82, 2.24) is 0 Å². The lowest BCUT2D eigenvalue weighted by Crippen LogP contribution is -2.21. The van der Waals surface area contributed by atoms with E-state index in [1.165, 1.54) is 0 Å². The lowest BCUT2D eigenvalue weighted by Gasteiger charge is -2.10. The van der Waals surface area contributed by atoms with E-state index >= 15 is 0 Å². The van der Waals surface area contributed by atoms with Gasteiger partial charge >= 0.3 is 0 Å². The number of benzene rings is 2. The van der Waals surface area contributed by atoms with Crippen LogP contribution < -0.4 is 9.47 Å². The molecule has 0 aliphatic carbocycles. The molecule has 0 aliphatic rings. The van der Waals surface area contributed by atoms with Gasteiger partial charge in [0.2, 0.25) is 0 Å². The van der Waals surface area contributed by atoms with Gasteiger partial charge in [0, 0.05) is 0 Å². The summed E-state index contributed by atoms with van der Waals surface area (Å²) in [6, 6.07) is 14.9. The van der Waals surface area contributed by atoms with Gasteiger partial charge in [-0.2, -0.15) is 0 Å². The van der Waals surface area contributed by atoms with Gasteiger partial charge in [0.25, 0.3) is 0 Å². The molecule has 0 bridgehead atoms. The molecule has 0 aliphatic heterocycles. The third-order valence-electron chi connectivity index (χ3n) is 3.50. The average molecular weight is 379 g/mol. The number of alkyl halides is 1. The predicted molar refractivity (Wildman–Crippen MR) is 103 cm³/mol. The van der Waals surface area contributed by atoms with Crippen LogP contribution in [0.1, 0.15) is 11.1 Å². The lowest BCUT2D eigenvalue weighted by atomic mass is 10.1. The van der Waals surface area contributed by atoms with E-state index in [4.69, 9.17) is 26.2 Å². The van der Waals surface area contributed by atoms with E-state index in [1.807, 2.05) is 60.7 Å². The molecule has 0 radical (unpaired) electrons. The van der Waals surface area contributed by atoms with Crippen molar-refractivity contribution >= 4 is 23.8 Å². The highest BCUT2D eigenvalue weighted by atomic mass is 35.5. The zero-order valence-electron chi connectivity index (χ0n) is 14.3. The minimum Gasteiger partial charge on any atom is -0.491 e. The van der Waals surface area contributed by atoms with Gasteiger partial charge in [-0.1, -0.05) is 36.4 Å². The first-order valence-electron chi connectivity index (χ1n) is 8.27. The van der Waals surface area contributed by atoms with E-state index in [2.05, 4.69) is 0 Å². The Morgan fingerprint density at radius 2 is 1.19 bits per heavy atom. The van der Waals surface area contributed by atoms with Crippen LogP contribution in [0.25, 0.3) is 12.2 Å². The van der Waals surface area contributed by atoms with Crippen molar-refractivity contribution in [3.63, 3.8) is 0 Å². The van der Waals surface area contributed by atoms with E-state index in [9.17, 15) is 10.2 Å². The fourth-order valence-electron chi connectivity index (χ4n) is 2.02. The van der Waals surface area contributed by atoms with Crippen LogP contribution in [0.5, 0.6) is 11.5 Å². The lowest BCUT2D eigenvalue weighted by molar-refractivity contribution is 0.0536. The molecule has 0 heterocycles. The third kappa shape index (κ3) is 7.06. The topological polar surface area (TPSA) is 79.2 Å². The van der Waals surface area contributed by atoms with Crippen LogP contribution in [0, 0.1) is 0 Å². The number of rotatable bonds is 10. The van der Waals surface area contributed by atoms with Crippen LogP contribution in [0.15, 0.2) is 48.5 Å². The zero-order chi connectivity index (χ0) is 18.8. The molecule has 26 heavy (non-hydrogen) atoms. The molecule has 0 unspecified atom stereocenters. The predicted octanol–water partition coefficient (Wildman–Crippen LogP) is 2.57. The molecule has 0 fully saturated rings. The van der Waals surface area contributed by atoms with E-state index in [0.717, 1.165) is 11.1 Å². The summed E-state index contributed by atoms with van der Waals surface area (Å²) in [4.78, 5) is 0. The van der Waals surface area contributed by atoms with Crippen LogP contribution in [-0.2, 0) is 0 Å². The van der Waals surface area contributed by atoms with Crippen molar-refractivity contribution in [2.24, 2.45) is 0 Å². The van der Waals surface area contributed by atoms with Gasteiger partial charge in [0.05, 0.1) is 12.5 Å². The number of aliphatic hydroxyl groups excluding tert-OH is 3. The van der Waals surface area contributed by atoms with E-state index < -0.39 is 12.2 Å². The van der Waals surface area contributed by atoms with Crippen LogP contribution in [0.4, 0.5) is 0 Å². The SMILES string of the molecule is OC[C@@H](O)COc1ccc(/C=C\c2ccc(OC[C@H](O)CCl)cc2)cc1. The maximum absolute atomic E-state index is 9.38. The highest BCUT2D eigenvalue weighted by molar-refractivity contribution is 6.18. The number of aliphatic hydroxyl groups is 3. The Morgan fingerprint density at radius 3 is 1.58 bits per heavy atom. The van der Waals surface area contributed by atoms with E-state index in [0.29, 0.717) is 11.5 Å². The second kappa shape index (κ2) is 10.8. The molecular weight excluding hydrogens is 356 g/mol. The molecule has 6 heteroatoms. The third-order valence-corrected chi connectivity index (χ3v) is 3.86. The van der Waals surface area contributed by atoms with Crippen molar-refractivity contribution in [3.8, 4) is 11.5 Å². The van der Waals surface area contributed by atoms with Gasteiger partial charge in [-0.3, -0.25) is 0 Å². The fraction of sp³-hybridized carbons (Fsp3) is 0.300. The van der Waals surface area contributed by atoms with Crippen molar-refractivity contribution in [2.75, 3.05) is 25.7 Å². The molecule has 0 spiro atoms. The van der Waals surface area contributed by atoms with Crippen molar-refractivity contribution in [2.45, 2.75) is 12.2 Å². The Balaban J connectivity index is 1.86. The summed E-state index contributed by atoms with van der Waals surface area (Å²) in [6.45, 7) is -0.0948. The largest absolute Gasteiger partial charge is 0.491 e. The first-order valence-corrected chi connectivity index (χ1v) is 8.81. The van der Waals surface area contributed by atoms with Crippen LogP contribution >= 0.6 is 11.6 Å². The van der Waals surface area contributed by atoms with Gasteiger partial charge in [-0.25, -0.2) is 0 Å². The molecule has 2 rings (SSSR count). The summed E-state index contributed by atoms with van der Waals surface area (Å²) >= 11 is 5.52. The maximum Gasteiger partial charge on any atom is 0.119 e. The molecule has 5 nitrogen and oxygen atoms in total. The van der Waals surface area contributed by atoms with Gasteiger partial charge in [0.15, 0.2) is 0 Å². The van der Waals surface area contributed by atoms with Gasteiger partial charge in [-0.05, 0) is 35.4 Å². The smallest absolute Gasteiger partial charge is 0.119 e. The first-order chi connectivity index (χ1) is 12.6. The van der Waals surface area contributed by atoms with Gasteiger partial charge in [0.1, 0.15) is 36.9 Å². The fourth-order valence-corrected chi connectivity index (χ4v) is 2.11. The standard InChI is InChI=1S/C20H23ClO5/c21-11-17(23)13-25-19-7-3-15(4-8-19)1-2-16-5-9-20(10-6-16)26-14-18(24)12-22/h1-10,17-18,22-24H,11-14H2/b2-1-/t17-,18-/m1/s1. The number of halogens is 1. The highest BCUT2D eigenvalue weighted by Crippen LogP contribution is 2.17. The Kier molecular flexibility index (Phi) is 8.44. The molecule has 2 aromatic rings. The van der Waals surface area contributed by atoms with Gasteiger partial charge < -0.3 is 24.8 Å². The molecule has 2 atom stereocenters. The summed E-state index contributed by atoms with van der Waals surface area (Å²) in [6.07, 6.45) is 2.40. The number of ether oxygens (including phenoxy) is 2. The molecule has 3 N–H and O–H groups in total. The second-order valence-corrected chi connectivity index (χ2v) is 6.05. The molecule has 140 valence electrons. The Morgan fingerprint density at radius 1 is 0.769 bits per heavy atom. The Hall–Kier alpha value is -2.05. The Bertz CT molecular complexity index is 610. The minimum absolute atomic E-state index is 0.0576. The van der Waals surface area contributed by atoms with Crippen molar-refractivity contribution in [3.05, 3.63) is 59.7 Å². The quantitative estimate of drug-likeness (QED) is 0.437. The summed E-state index contributed by atoms with van der Waals surface area (Å²) in [7, 11) is 0. The molecule has 0 aromatic heterocycles. The van der Waals surface area contributed by atoms with E-state index in [1.54, 1.807) is 0 Å². The van der Waals surface area contributed by atoms with Gasteiger partial charge in [-0.15, -0.1) is 11.6 Å². The van der Waals surface area contributed by atoms with Crippen LogP contribution in [0.3, 0.4) is 0 Å². The number of hydrogen-bond donors (Lipinski definition) is 3. The van der Waals surface area contributed by atoms with Crippen LogP contribution in [-0.4, -0.2) is 53.2 Å². The normalized spacial score (nSPS) is 13.5. The molecular formula is C20H23ClO5. The molecule has 2 aromatic carbocycles. The summed E-state index contributed by atoms with van der Waals surface area (Å²) in [5.41, 5.74) is 2.02. The molecule has 0 saturated carbocycles. The van der Waals surface area contributed by atoms with Crippen LogP contribution in [0.2, 0.25) is 0 Å².